The lowest BCUT2D eigenvalue weighted by Crippen LogP contribution is -2.16. The van der Waals surface area contributed by atoms with Gasteiger partial charge in [-0.15, -0.1) is 0 Å². The first-order valence-corrected chi connectivity index (χ1v) is 7.84. The van der Waals surface area contributed by atoms with E-state index in [1.54, 1.807) is 7.05 Å². The van der Waals surface area contributed by atoms with Crippen LogP contribution in [0.15, 0.2) is 34.9 Å². The predicted octanol–water partition coefficient (Wildman–Crippen LogP) is 2.91. The molecule has 132 valence electrons. The minimum absolute atomic E-state index is 0.0549. The summed E-state index contributed by atoms with van der Waals surface area (Å²) in [5.74, 6) is -0.118. The van der Waals surface area contributed by atoms with E-state index in [4.69, 9.17) is 14.6 Å². The van der Waals surface area contributed by atoms with Gasteiger partial charge in [-0.2, -0.15) is 0 Å². The number of benzene rings is 1. The van der Waals surface area contributed by atoms with Crippen LogP contribution in [0.1, 0.15) is 5.69 Å². The van der Waals surface area contributed by atoms with Crippen molar-refractivity contribution in [2.24, 2.45) is 0 Å². The van der Waals surface area contributed by atoms with E-state index in [0.717, 1.165) is 7.11 Å². The van der Waals surface area contributed by atoms with Crippen molar-refractivity contribution in [3.8, 4) is 11.5 Å². The highest BCUT2D eigenvalue weighted by molar-refractivity contribution is 9.10. The highest BCUT2D eigenvalue weighted by Crippen LogP contribution is 2.23. The quantitative estimate of drug-likeness (QED) is 0.694. The zero-order valence-electron chi connectivity index (χ0n) is 13.4. The number of hydrogen-bond donors (Lipinski definition) is 2. The van der Waals surface area contributed by atoms with Gasteiger partial charge in [-0.3, -0.25) is 4.98 Å². The molecule has 0 saturated heterocycles. The Balaban J connectivity index is 0.00000139. The van der Waals surface area contributed by atoms with Crippen LogP contribution in [0, 0.1) is 11.6 Å². The van der Waals surface area contributed by atoms with Crippen LogP contribution in [0.2, 0.25) is 0 Å². The smallest absolute Gasteiger partial charge is 0.151 e. The Labute approximate surface area is 147 Å². The molecular weight excluding hydrogens is 386 g/mol. The molecule has 0 aliphatic rings. The maximum atomic E-state index is 13.9. The summed E-state index contributed by atoms with van der Waals surface area (Å²) in [5.41, 5.74) is 0.154. The zero-order chi connectivity index (χ0) is 17.9. The summed E-state index contributed by atoms with van der Waals surface area (Å²) < 4.78 is 38.0. The average Bonchev–Trinajstić information content (AvgIpc) is 2.59. The summed E-state index contributed by atoms with van der Waals surface area (Å²) in [6.07, 6.45) is 1.44. The molecule has 5 nitrogen and oxygen atoms in total. The average molecular weight is 405 g/mol. The number of aliphatic hydroxyl groups is 1. The zero-order valence-corrected chi connectivity index (χ0v) is 14.9. The first-order chi connectivity index (χ1) is 11.6. The third-order valence-electron chi connectivity index (χ3n) is 2.78. The van der Waals surface area contributed by atoms with E-state index >= 15 is 0 Å². The van der Waals surface area contributed by atoms with Gasteiger partial charge >= 0.3 is 0 Å². The van der Waals surface area contributed by atoms with Gasteiger partial charge in [-0.1, -0.05) is 0 Å². The minimum atomic E-state index is -0.511. The number of ether oxygens (including phenoxy) is 2. The van der Waals surface area contributed by atoms with Gasteiger partial charge in [0.2, 0.25) is 0 Å². The topological polar surface area (TPSA) is 63.6 Å². The van der Waals surface area contributed by atoms with Gasteiger partial charge in [0.15, 0.2) is 5.82 Å². The lowest BCUT2D eigenvalue weighted by Gasteiger charge is -2.09. The van der Waals surface area contributed by atoms with Crippen LogP contribution in [0.25, 0.3) is 0 Å². The number of nitrogens with one attached hydrogen (secondary N) is 1. The van der Waals surface area contributed by atoms with Crippen LogP contribution in [0.3, 0.4) is 0 Å². The molecule has 1 heterocycles. The molecule has 0 bridgehead atoms. The van der Waals surface area contributed by atoms with Crippen LogP contribution in [-0.4, -0.2) is 37.4 Å². The number of halogens is 3. The molecule has 0 saturated carbocycles. The molecule has 0 fully saturated rings. The fourth-order valence-corrected chi connectivity index (χ4v) is 1.98. The molecule has 24 heavy (non-hydrogen) atoms. The van der Waals surface area contributed by atoms with E-state index in [2.05, 4.69) is 26.2 Å². The van der Waals surface area contributed by atoms with Gasteiger partial charge in [0.05, 0.1) is 10.7 Å². The van der Waals surface area contributed by atoms with Crippen molar-refractivity contribution in [1.29, 1.82) is 0 Å². The largest absolute Gasteiger partial charge is 0.491 e. The number of aliphatic hydroxyl groups excluding tert-OH is 1. The van der Waals surface area contributed by atoms with Crippen molar-refractivity contribution in [3.63, 3.8) is 0 Å². The molecule has 1 aromatic heterocycles. The summed E-state index contributed by atoms with van der Waals surface area (Å²) in [7, 11) is 2.80. The number of hydrogen-bond acceptors (Lipinski definition) is 5. The molecule has 2 rings (SSSR count). The number of likely N-dealkylation sites (N-methyl/N-ethyl adjacent to an activating group) is 1. The summed E-state index contributed by atoms with van der Waals surface area (Å²) in [4.78, 5) is 3.98. The highest BCUT2D eigenvalue weighted by Gasteiger charge is 2.08. The first-order valence-electron chi connectivity index (χ1n) is 7.04. The van der Waals surface area contributed by atoms with Crippen LogP contribution < -0.4 is 14.8 Å². The monoisotopic (exact) mass is 404 g/mol. The number of rotatable bonds is 7. The molecule has 0 aliphatic carbocycles. The van der Waals surface area contributed by atoms with Gasteiger partial charge in [-0.25, -0.2) is 8.78 Å². The maximum Gasteiger partial charge on any atom is 0.151 e. The molecule has 0 aliphatic heterocycles. The van der Waals surface area contributed by atoms with Gasteiger partial charge in [0.25, 0.3) is 0 Å². The van der Waals surface area contributed by atoms with E-state index in [1.165, 1.54) is 30.5 Å². The summed E-state index contributed by atoms with van der Waals surface area (Å²) in [6, 6.07) is 5.47. The summed E-state index contributed by atoms with van der Waals surface area (Å²) >= 11 is 3.06. The Morgan fingerprint density at radius 3 is 2.50 bits per heavy atom. The molecule has 0 atom stereocenters. The molecule has 2 N–H and O–H groups in total. The predicted molar refractivity (Wildman–Crippen MR) is 90.2 cm³/mol. The van der Waals surface area contributed by atoms with Crippen molar-refractivity contribution in [1.82, 2.24) is 10.3 Å². The van der Waals surface area contributed by atoms with Crippen LogP contribution in [0.4, 0.5) is 8.78 Å². The van der Waals surface area contributed by atoms with Crippen molar-refractivity contribution in [3.05, 3.63) is 52.3 Å². The summed E-state index contributed by atoms with van der Waals surface area (Å²) in [6.45, 7) is 1.03. The highest BCUT2D eigenvalue weighted by atomic mass is 79.9. The fourth-order valence-electron chi connectivity index (χ4n) is 1.62. The van der Waals surface area contributed by atoms with Crippen molar-refractivity contribution in [2.75, 3.05) is 27.3 Å². The molecule has 0 amide bonds. The normalized spacial score (nSPS) is 9.92. The molecule has 0 radical (unpaired) electrons. The lowest BCUT2D eigenvalue weighted by molar-refractivity contribution is 0.289. The van der Waals surface area contributed by atoms with E-state index in [0.29, 0.717) is 24.7 Å². The summed E-state index contributed by atoms with van der Waals surface area (Å²) in [5, 5.41) is 9.92. The molecule has 0 spiro atoms. The Kier molecular flexibility index (Phi) is 9.21. The van der Waals surface area contributed by atoms with E-state index in [-0.39, 0.29) is 22.6 Å². The third kappa shape index (κ3) is 6.38. The van der Waals surface area contributed by atoms with Gasteiger partial charge in [0, 0.05) is 19.7 Å². The van der Waals surface area contributed by atoms with E-state index < -0.39 is 5.82 Å². The van der Waals surface area contributed by atoms with Crippen molar-refractivity contribution < 1.29 is 23.4 Å². The second-order valence-electron chi connectivity index (χ2n) is 4.42. The SMILES string of the molecule is CNCCOc1cnc(COc2ccc(F)c(Br)c2)c(F)c1.CO. The third-order valence-corrected chi connectivity index (χ3v) is 3.39. The second-order valence-corrected chi connectivity index (χ2v) is 5.27. The second kappa shape index (κ2) is 10.9. The van der Waals surface area contributed by atoms with Crippen molar-refractivity contribution in [2.45, 2.75) is 6.61 Å². The van der Waals surface area contributed by atoms with Crippen LogP contribution in [0.5, 0.6) is 11.5 Å². The molecular formula is C16H19BrF2N2O3. The van der Waals surface area contributed by atoms with Gasteiger partial charge in [-0.05, 0) is 41.2 Å². The Bertz CT molecular complexity index is 645. The minimum Gasteiger partial charge on any atom is -0.491 e. The van der Waals surface area contributed by atoms with Crippen molar-refractivity contribution >= 4 is 15.9 Å². The molecule has 1 aromatic carbocycles. The maximum absolute atomic E-state index is 13.9. The first kappa shape index (κ1) is 20.3. The lowest BCUT2D eigenvalue weighted by atomic mass is 10.3. The molecule has 0 unspecified atom stereocenters. The standard InChI is InChI=1S/C15H15BrF2N2O2.CH4O/c1-19-4-5-21-11-7-14(18)15(20-8-11)9-22-10-2-3-13(17)12(16)6-10;1-2/h2-3,6-8,19H,4-5,9H2,1H3;2H,1H3. The fraction of sp³-hybridized carbons (Fsp3) is 0.312. The Morgan fingerprint density at radius 1 is 1.12 bits per heavy atom. The molecule has 2 aromatic rings. The van der Waals surface area contributed by atoms with Gasteiger partial charge < -0.3 is 19.9 Å². The Morgan fingerprint density at radius 2 is 1.88 bits per heavy atom. The number of nitrogens with zero attached hydrogens (tertiary/aromatic N) is 1. The van der Waals surface area contributed by atoms with E-state index in [9.17, 15) is 8.78 Å². The number of pyridine rings is 1. The van der Waals surface area contributed by atoms with Crippen LogP contribution in [-0.2, 0) is 6.61 Å². The molecule has 8 heteroatoms. The number of aromatic nitrogens is 1. The van der Waals surface area contributed by atoms with Gasteiger partial charge in [0.1, 0.15) is 36.2 Å². The van der Waals surface area contributed by atoms with Crippen LogP contribution >= 0.6 is 15.9 Å². The Hall–Kier alpha value is -1.77. The van der Waals surface area contributed by atoms with E-state index in [1.807, 2.05) is 0 Å².